The molecule has 1 unspecified atom stereocenters. The van der Waals surface area contributed by atoms with Crippen molar-refractivity contribution in [3.05, 3.63) is 41.6 Å². The van der Waals surface area contributed by atoms with Crippen LogP contribution >= 0.6 is 11.6 Å². The monoisotopic (exact) mass is 292 g/mol. The molecule has 0 aliphatic heterocycles. The average molecular weight is 293 g/mol. The van der Waals surface area contributed by atoms with Gasteiger partial charge in [-0.3, -0.25) is 4.98 Å². The van der Waals surface area contributed by atoms with Gasteiger partial charge in [0, 0.05) is 31.3 Å². The van der Waals surface area contributed by atoms with Crippen molar-refractivity contribution in [3.63, 3.8) is 0 Å². The third kappa shape index (κ3) is 3.92. The third-order valence-electron chi connectivity index (χ3n) is 3.23. The second-order valence-electron chi connectivity index (χ2n) is 5.19. The maximum atomic E-state index is 6.21. The van der Waals surface area contributed by atoms with Gasteiger partial charge in [-0.25, -0.2) is 0 Å². The van der Waals surface area contributed by atoms with Crippen molar-refractivity contribution in [3.8, 4) is 0 Å². The first-order valence-corrected chi connectivity index (χ1v) is 7.20. The predicted molar refractivity (Wildman–Crippen MR) is 84.3 cm³/mol. The molecule has 2 rings (SSSR count). The molecule has 1 aromatic carbocycles. The molecule has 0 aliphatic rings. The van der Waals surface area contributed by atoms with Crippen LogP contribution in [0.15, 0.2) is 30.3 Å². The van der Waals surface area contributed by atoms with Gasteiger partial charge in [-0.2, -0.15) is 0 Å². The Hall–Kier alpha value is -1.16. The quantitative estimate of drug-likeness (QED) is 0.765. The number of hydrogen-bond donors (Lipinski definition) is 0. The average Bonchev–Trinajstić information content (AvgIpc) is 2.38. The third-order valence-corrected chi connectivity index (χ3v) is 3.49. The van der Waals surface area contributed by atoms with E-state index in [0.29, 0.717) is 6.61 Å². The highest BCUT2D eigenvalue weighted by atomic mass is 35.5. The number of aryl methyl sites for hydroxylation is 1. The molecule has 0 amide bonds. The number of aromatic nitrogens is 1. The van der Waals surface area contributed by atoms with E-state index in [9.17, 15) is 0 Å². The summed E-state index contributed by atoms with van der Waals surface area (Å²) in [5, 5.41) is 1.22. The fourth-order valence-corrected chi connectivity index (χ4v) is 2.81. The number of ether oxygens (including phenoxy) is 1. The van der Waals surface area contributed by atoms with Crippen molar-refractivity contribution in [1.29, 1.82) is 0 Å². The van der Waals surface area contributed by atoms with Crippen molar-refractivity contribution in [2.45, 2.75) is 18.8 Å². The summed E-state index contributed by atoms with van der Waals surface area (Å²) in [6.07, 6.45) is 0. The van der Waals surface area contributed by atoms with Crippen LogP contribution in [0.3, 0.4) is 0 Å². The molecule has 0 aliphatic carbocycles. The van der Waals surface area contributed by atoms with Gasteiger partial charge in [0.2, 0.25) is 0 Å². The Morgan fingerprint density at radius 3 is 2.85 bits per heavy atom. The van der Waals surface area contributed by atoms with Gasteiger partial charge in [0.1, 0.15) is 0 Å². The Balaban J connectivity index is 2.16. The van der Waals surface area contributed by atoms with Crippen LogP contribution in [-0.4, -0.2) is 42.6 Å². The van der Waals surface area contributed by atoms with E-state index < -0.39 is 0 Å². The van der Waals surface area contributed by atoms with Gasteiger partial charge in [-0.15, -0.1) is 11.6 Å². The van der Waals surface area contributed by atoms with Gasteiger partial charge in [-0.1, -0.05) is 18.2 Å². The van der Waals surface area contributed by atoms with E-state index in [2.05, 4.69) is 41.2 Å². The van der Waals surface area contributed by atoms with E-state index in [1.54, 1.807) is 7.11 Å². The van der Waals surface area contributed by atoms with E-state index in [0.717, 1.165) is 24.3 Å². The van der Waals surface area contributed by atoms with Gasteiger partial charge in [0.25, 0.3) is 0 Å². The van der Waals surface area contributed by atoms with Crippen LogP contribution in [0.4, 0.5) is 0 Å². The first-order valence-electron chi connectivity index (χ1n) is 6.77. The number of halogens is 1. The zero-order valence-electron chi connectivity index (χ0n) is 12.3. The normalized spacial score (nSPS) is 13.1. The number of rotatable bonds is 6. The Labute approximate surface area is 125 Å². The Bertz CT molecular complexity index is 573. The SMILES string of the molecule is COCC(Cl)CN(C)Cc1cc(C)nc2ccccc12. The van der Waals surface area contributed by atoms with E-state index in [-0.39, 0.29) is 5.38 Å². The number of para-hydroxylation sites is 1. The maximum Gasteiger partial charge on any atom is 0.0708 e. The topological polar surface area (TPSA) is 25.4 Å². The number of nitrogens with zero attached hydrogens (tertiary/aromatic N) is 2. The zero-order chi connectivity index (χ0) is 14.5. The molecule has 4 heteroatoms. The fraction of sp³-hybridized carbons (Fsp3) is 0.438. The lowest BCUT2D eigenvalue weighted by molar-refractivity contribution is 0.181. The van der Waals surface area contributed by atoms with Crippen LogP contribution < -0.4 is 0 Å². The Kier molecular flexibility index (Phi) is 5.35. The fourth-order valence-electron chi connectivity index (χ4n) is 2.45. The lowest BCUT2D eigenvalue weighted by Crippen LogP contribution is -2.28. The second-order valence-corrected chi connectivity index (χ2v) is 5.81. The molecule has 1 heterocycles. The number of fused-ring (bicyclic) bond motifs is 1. The second kappa shape index (κ2) is 7.02. The minimum Gasteiger partial charge on any atom is -0.383 e. The summed E-state index contributed by atoms with van der Waals surface area (Å²) in [6, 6.07) is 10.4. The standard InChI is InChI=1S/C16H21ClN2O/c1-12-8-13(9-19(2)10-14(17)11-20-3)15-6-4-5-7-16(15)18-12/h4-8,14H,9-11H2,1-3H3. The molecular weight excluding hydrogens is 272 g/mol. The lowest BCUT2D eigenvalue weighted by Gasteiger charge is -2.20. The molecule has 2 aromatic rings. The van der Waals surface area contributed by atoms with Gasteiger partial charge in [-0.05, 0) is 31.7 Å². The van der Waals surface area contributed by atoms with Gasteiger partial charge < -0.3 is 9.64 Å². The highest BCUT2D eigenvalue weighted by Crippen LogP contribution is 2.19. The highest BCUT2D eigenvalue weighted by molar-refractivity contribution is 6.20. The molecule has 0 saturated heterocycles. The summed E-state index contributed by atoms with van der Waals surface area (Å²) in [4.78, 5) is 6.79. The summed E-state index contributed by atoms with van der Waals surface area (Å²) < 4.78 is 5.08. The summed E-state index contributed by atoms with van der Waals surface area (Å²) in [6.45, 7) is 4.26. The summed E-state index contributed by atoms with van der Waals surface area (Å²) in [5.41, 5.74) is 3.39. The molecule has 108 valence electrons. The van der Waals surface area contributed by atoms with Crippen molar-refractivity contribution in [1.82, 2.24) is 9.88 Å². The van der Waals surface area contributed by atoms with Crippen LogP contribution in [0.2, 0.25) is 0 Å². The molecule has 0 saturated carbocycles. The molecule has 1 atom stereocenters. The number of benzene rings is 1. The van der Waals surface area contributed by atoms with E-state index in [4.69, 9.17) is 16.3 Å². The number of alkyl halides is 1. The number of methoxy groups -OCH3 is 1. The zero-order valence-corrected chi connectivity index (χ0v) is 13.0. The molecule has 3 nitrogen and oxygen atoms in total. The van der Waals surface area contributed by atoms with Crippen LogP contribution in [0.1, 0.15) is 11.3 Å². The minimum absolute atomic E-state index is 0.0131. The summed E-state index contributed by atoms with van der Waals surface area (Å²) >= 11 is 6.21. The van der Waals surface area contributed by atoms with Gasteiger partial charge >= 0.3 is 0 Å². The van der Waals surface area contributed by atoms with Gasteiger partial charge in [0.15, 0.2) is 0 Å². The minimum atomic E-state index is 0.0131. The Morgan fingerprint density at radius 2 is 2.10 bits per heavy atom. The van der Waals surface area contributed by atoms with Crippen molar-refractivity contribution >= 4 is 22.5 Å². The molecular formula is C16H21ClN2O. The van der Waals surface area contributed by atoms with Crippen LogP contribution in [0.25, 0.3) is 10.9 Å². The molecule has 0 spiro atoms. The number of hydrogen-bond acceptors (Lipinski definition) is 3. The molecule has 1 aromatic heterocycles. The van der Waals surface area contributed by atoms with E-state index in [1.165, 1.54) is 10.9 Å². The van der Waals surface area contributed by atoms with Crippen molar-refractivity contribution < 1.29 is 4.74 Å². The summed E-state index contributed by atoms with van der Waals surface area (Å²) in [7, 11) is 3.75. The maximum absolute atomic E-state index is 6.21. The summed E-state index contributed by atoms with van der Waals surface area (Å²) in [5.74, 6) is 0. The largest absolute Gasteiger partial charge is 0.383 e. The first-order chi connectivity index (χ1) is 9.60. The van der Waals surface area contributed by atoms with E-state index in [1.807, 2.05) is 13.0 Å². The molecule has 0 bridgehead atoms. The van der Waals surface area contributed by atoms with Crippen molar-refractivity contribution in [2.75, 3.05) is 27.3 Å². The van der Waals surface area contributed by atoms with Crippen LogP contribution in [-0.2, 0) is 11.3 Å². The molecule has 20 heavy (non-hydrogen) atoms. The molecule has 0 radical (unpaired) electrons. The predicted octanol–water partition coefficient (Wildman–Crippen LogP) is 3.23. The van der Waals surface area contributed by atoms with Crippen LogP contribution in [0, 0.1) is 6.92 Å². The highest BCUT2D eigenvalue weighted by Gasteiger charge is 2.11. The molecule has 0 N–H and O–H groups in total. The number of pyridine rings is 1. The smallest absolute Gasteiger partial charge is 0.0708 e. The molecule has 0 fully saturated rings. The van der Waals surface area contributed by atoms with Gasteiger partial charge in [0.05, 0.1) is 17.5 Å². The van der Waals surface area contributed by atoms with Crippen molar-refractivity contribution in [2.24, 2.45) is 0 Å². The van der Waals surface area contributed by atoms with E-state index >= 15 is 0 Å². The van der Waals surface area contributed by atoms with Crippen LogP contribution in [0.5, 0.6) is 0 Å². The Morgan fingerprint density at radius 1 is 1.35 bits per heavy atom. The first kappa shape index (κ1) is 15.2. The lowest BCUT2D eigenvalue weighted by atomic mass is 10.1.